The van der Waals surface area contributed by atoms with E-state index in [1.54, 1.807) is 40.0 Å². The van der Waals surface area contributed by atoms with Crippen LogP contribution in [0.4, 0.5) is 0 Å². The summed E-state index contributed by atoms with van der Waals surface area (Å²) in [7, 11) is 2.97. The third kappa shape index (κ3) is 4.38. The van der Waals surface area contributed by atoms with Crippen LogP contribution in [-0.2, 0) is 6.54 Å². The fourth-order valence-electron chi connectivity index (χ4n) is 4.89. The molecule has 4 aromatic rings. The molecule has 5 rings (SSSR count). The second-order valence-electron chi connectivity index (χ2n) is 8.99. The number of aromatic hydroxyl groups is 1. The van der Waals surface area contributed by atoms with Gasteiger partial charge in [-0.25, -0.2) is 0 Å². The zero-order chi connectivity index (χ0) is 26.8. The maximum Gasteiger partial charge on any atom is 0.290 e. The van der Waals surface area contributed by atoms with Crippen molar-refractivity contribution in [1.29, 1.82) is 0 Å². The molecule has 1 saturated heterocycles. The molecule has 196 valence electrons. The van der Waals surface area contributed by atoms with Gasteiger partial charge in [0.05, 0.1) is 14.2 Å². The van der Waals surface area contributed by atoms with Crippen molar-refractivity contribution < 1.29 is 19.4 Å². The minimum absolute atomic E-state index is 0.0580. The van der Waals surface area contributed by atoms with Gasteiger partial charge in [0.25, 0.3) is 11.5 Å². The molecule has 1 amide bonds. The van der Waals surface area contributed by atoms with Crippen molar-refractivity contribution in [2.75, 3.05) is 27.3 Å². The minimum Gasteiger partial charge on any atom is -0.494 e. The molecule has 10 nitrogen and oxygen atoms in total. The number of carbonyl (C=O) groups is 1. The molecule has 0 spiro atoms. The molecule has 2 aromatic heterocycles. The Kier molecular flexibility index (Phi) is 6.87. The highest BCUT2D eigenvalue weighted by Gasteiger charge is 2.34. The Morgan fingerprint density at radius 2 is 1.76 bits per heavy atom. The average Bonchev–Trinajstić information content (AvgIpc) is 3.63. The number of aromatic nitrogens is 4. The van der Waals surface area contributed by atoms with Crippen molar-refractivity contribution in [2.24, 2.45) is 0 Å². The standard InChI is InChI=1S/C28H29N5O5/c1-4-32-16-14-20(30-32)25-29-26(34)23(27(35)31-15-13-19(17-31)18-9-6-5-7-10-18)28(36)33(25)24-21(37-2)11-8-12-22(24)38-3/h5-12,14,16,19,36H,4,13,15,17H2,1-3H3/t19-/m0/s1. The summed E-state index contributed by atoms with van der Waals surface area (Å²) >= 11 is 0. The number of benzene rings is 2. The third-order valence-electron chi connectivity index (χ3n) is 6.85. The zero-order valence-electron chi connectivity index (χ0n) is 21.5. The molecule has 1 atom stereocenters. The number of hydrogen-bond acceptors (Lipinski definition) is 7. The zero-order valence-corrected chi connectivity index (χ0v) is 21.5. The first-order valence-corrected chi connectivity index (χ1v) is 12.4. The molecular weight excluding hydrogens is 486 g/mol. The number of amides is 1. The number of ether oxygens (including phenoxy) is 2. The normalized spacial score (nSPS) is 15.0. The lowest BCUT2D eigenvalue weighted by atomic mass is 9.99. The Hall–Kier alpha value is -4.60. The van der Waals surface area contributed by atoms with Gasteiger partial charge >= 0.3 is 0 Å². The lowest BCUT2D eigenvalue weighted by molar-refractivity contribution is 0.0784. The summed E-state index contributed by atoms with van der Waals surface area (Å²) < 4.78 is 14.1. The molecule has 0 radical (unpaired) electrons. The molecule has 0 aliphatic carbocycles. The number of carbonyl (C=O) groups excluding carboxylic acids is 1. The van der Waals surface area contributed by atoms with Gasteiger partial charge in [0.1, 0.15) is 22.9 Å². The topological polar surface area (TPSA) is 112 Å². The van der Waals surface area contributed by atoms with Crippen molar-refractivity contribution >= 4 is 5.91 Å². The Morgan fingerprint density at radius 1 is 1.05 bits per heavy atom. The number of methoxy groups -OCH3 is 2. The van der Waals surface area contributed by atoms with Crippen LogP contribution in [0.15, 0.2) is 65.6 Å². The fraction of sp³-hybridized carbons (Fsp3) is 0.286. The summed E-state index contributed by atoms with van der Waals surface area (Å²) in [5.74, 6) is -0.227. The van der Waals surface area contributed by atoms with Crippen LogP contribution in [0.2, 0.25) is 0 Å². The van der Waals surface area contributed by atoms with E-state index in [9.17, 15) is 14.7 Å². The van der Waals surface area contributed by atoms with Gasteiger partial charge < -0.3 is 19.5 Å². The van der Waals surface area contributed by atoms with E-state index in [1.165, 1.54) is 18.8 Å². The number of rotatable bonds is 7. The van der Waals surface area contributed by atoms with Crippen LogP contribution in [0.3, 0.4) is 0 Å². The Bertz CT molecular complexity index is 1510. The molecule has 1 N–H and O–H groups in total. The number of likely N-dealkylation sites (tertiary alicyclic amines) is 1. The first-order valence-electron chi connectivity index (χ1n) is 12.4. The molecular formula is C28H29N5O5. The van der Waals surface area contributed by atoms with Crippen LogP contribution in [0.5, 0.6) is 17.4 Å². The Labute approximate surface area is 219 Å². The first-order chi connectivity index (χ1) is 18.5. The molecule has 1 aliphatic rings. The van der Waals surface area contributed by atoms with E-state index in [0.29, 0.717) is 42.5 Å². The predicted octanol–water partition coefficient (Wildman–Crippen LogP) is 3.47. The van der Waals surface area contributed by atoms with E-state index in [0.717, 1.165) is 12.0 Å². The Morgan fingerprint density at radius 3 is 2.39 bits per heavy atom. The first kappa shape index (κ1) is 25.1. The van der Waals surface area contributed by atoms with Crippen LogP contribution in [0.25, 0.3) is 17.2 Å². The van der Waals surface area contributed by atoms with Crippen molar-refractivity contribution in [3.63, 3.8) is 0 Å². The molecule has 2 aromatic carbocycles. The highest BCUT2D eigenvalue weighted by Crippen LogP contribution is 2.38. The molecule has 38 heavy (non-hydrogen) atoms. The maximum absolute atomic E-state index is 13.7. The van der Waals surface area contributed by atoms with Gasteiger partial charge in [0.2, 0.25) is 5.88 Å². The van der Waals surface area contributed by atoms with Crippen molar-refractivity contribution in [3.05, 3.63) is 82.3 Å². The van der Waals surface area contributed by atoms with Crippen LogP contribution >= 0.6 is 0 Å². The summed E-state index contributed by atoms with van der Waals surface area (Å²) in [5, 5.41) is 16.1. The van der Waals surface area contributed by atoms with Crippen molar-refractivity contribution in [1.82, 2.24) is 24.2 Å². The monoisotopic (exact) mass is 515 g/mol. The van der Waals surface area contributed by atoms with Gasteiger partial charge in [-0.15, -0.1) is 0 Å². The number of hydrogen-bond donors (Lipinski definition) is 1. The van der Waals surface area contributed by atoms with Gasteiger partial charge in [0.15, 0.2) is 11.4 Å². The minimum atomic E-state index is -0.832. The quantitative estimate of drug-likeness (QED) is 0.401. The van der Waals surface area contributed by atoms with E-state index in [4.69, 9.17) is 9.47 Å². The van der Waals surface area contributed by atoms with Crippen molar-refractivity contribution in [3.8, 4) is 34.6 Å². The van der Waals surface area contributed by atoms with E-state index in [-0.39, 0.29) is 11.7 Å². The lowest BCUT2D eigenvalue weighted by Gasteiger charge is -2.22. The molecule has 3 heterocycles. The molecule has 1 aliphatic heterocycles. The van der Waals surface area contributed by atoms with Gasteiger partial charge in [-0.1, -0.05) is 36.4 Å². The molecule has 10 heteroatoms. The van der Waals surface area contributed by atoms with E-state index < -0.39 is 22.9 Å². The maximum atomic E-state index is 13.7. The summed E-state index contributed by atoms with van der Waals surface area (Å²) in [4.78, 5) is 32.9. The Balaban J connectivity index is 1.66. The molecule has 1 fully saturated rings. The van der Waals surface area contributed by atoms with Crippen LogP contribution in [0, 0.1) is 0 Å². The smallest absolute Gasteiger partial charge is 0.290 e. The number of nitrogens with zero attached hydrogens (tertiary/aromatic N) is 5. The van der Waals surface area contributed by atoms with Crippen LogP contribution in [0.1, 0.15) is 35.2 Å². The predicted molar refractivity (Wildman–Crippen MR) is 141 cm³/mol. The van der Waals surface area contributed by atoms with Gasteiger partial charge in [0, 0.05) is 31.7 Å². The van der Waals surface area contributed by atoms with Gasteiger partial charge in [-0.3, -0.25) is 18.8 Å². The summed E-state index contributed by atoms with van der Waals surface area (Å²) in [6, 6.07) is 16.7. The fourth-order valence-corrected chi connectivity index (χ4v) is 4.89. The average molecular weight is 516 g/mol. The highest BCUT2D eigenvalue weighted by molar-refractivity contribution is 5.96. The second-order valence-corrected chi connectivity index (χ2v) is 8.99. The second kappa shape index (κ2) is 10.4. The van der Waals surface area contributed by atoms with E-state index in [2.05, 4.69) is 10.1 Å². The van der Waals surface area contributed by atoms with Gasteiger partial charge in [-0.05, 0) is 37.1 Å². The summed E-state index contributed by atoms with van der Waals surface area (Å²) in [6.45, 7) is 3.42. The molecule has 0 saturated carbocycles. The molecule has 0 bridgehead atoms. The number of aryl methyl sites for hydroxylation is 1. The van der Waals surface area contributed by atoms with Crippen molar-refractivity contribution in [2.45, 2.75) is 25.8 Å². The summed E-state index contributed by atoms with van der Waals surface area (Å²) in [6.07, 6.45) is 2.50. The van der Waals surface area contributed by atoms with Gasteiger partial charge in [-0.2, -0.15) is 10.1 Å². The number of para-hydroxylation sites is 1. The van der Waals surface area contributed by atoms with E-state index in [1.807, 2.05) is 37.3 Å². The van der Waals surface area contributed by atoms with Crippen LogP contribution in [-0.4, -0.2) is 62.6 Å². The largest absolute Gasteiger partial charge is 0.494 e. The van der Waals surface area contributed by atoms with E-state index >= 15 is 0 Å². The molecule has 0 unspecified atom stereocenters. The lowest BCUT2D eigenvalue weighted by Crippen LogP contribution is -2.34. The van der Waals surface area contributed by atoms with Crippen LogP contribution < -0.4 is 15.0 Å². The third-order valence-corrected chi connectivity index (χ3v) is 6.85. The highest BCUT2D eigenvalue weighted by atomic mass is 16.5. The SMILES string of the molecule is CCn1ccc(-c2nc(=O)c(C(=O)N3CC[C@H](c4ccccc4)C3)c(O)n2-c2c(OC)cccc2OC)n1. The summed E-state index contributed by atoms with van der Waals surface area (Å²) in [5.41, 5.74) is 0.521.